The molecule has 0 aliphatic carbocycles. The predicted octanol–water partition coefficient (Wildman–Crippen LogP) is 2.71. The van der Waals surface area contributed by atoms with Gasteiger partial charge in [-0.3, -0.25) is 4.79 Å². The number of ether oxygens (including phenoxy) is 1. The molecule has 0 aliphatic rings. The van der Waals surface area contributed by atoms with Crippen LogP contribution in [0.5, 0.6) is 5.75 Å². The minimum Gasteiger partial charge on any atom is -0.495 e. The molecule has 0 saturated carbocycles. The van der Waals surface area contributed by atoms with E-state index in [0.717, 1.165) is 0 Å². The number of hydrogen-bond acceptors (Lipinski definition) is 5. The molecule has 0 unspecified atom stereocenters. The van der Waals surface area contributed by atoms with Crippen molar-refractivity contribution in [1.29, 1.82) is 5.26 Å². The van der Waals surface area contributed by atoms with Crippen LogP contribution in [0.4, 0.5) is 5.69 Å². The molecule has 0 fully saturated rings. The van der Waals surface area contributed by atoms with E-state index in [1.807, 2.05) is 24.3 Å². The van der Waals surface area contributed by atoms with E-state index < -0.39 is 0 Å². The number of aromatic nitrogens is 3. The fourth-order valence-corrected chi connectivity index (χ4v) is 2.40. The van der Waals surface area contributed by atoms with E-state index in [0.29, 0.717) is 34.1 Å². The van der Waals surface area contributed by atoms with Gasteiger partial charge in [-0.05, 0) is 31.2 Å². The van der Waals surface area contributed by atoms with Crippen LogP contribution < -0.4 is 10.1 Å². The van der Waals surface area contributed by atoms with Crippen LogP contribution in [-0.2, 0) is 0 Å². The number of nitrogens with zero attached hydrogens (tertiary/aromatic N) is 4. The Bertz CT molecular complexity index is 957. The van der Waals surface area contributed by atoms with E-state index in [-0.39, 0.29) is 5.91 Å². The lowest BCUT2D eigenvalue weighted by Crippen LogP contribution is -2.14. The van der Waals surface area contributed by atoms with Crippen molar-refractivity contribution >= 4 is 11.6 Å². The Hall–Kier alpha value is -3.66. The monoisotopic (exact) mass is 333 g/mol. The Balaban J connectivity index is 1.88. The molecule has 0 bridgehead atoms. The summed E-state index contributed by atoms with van der Waals surface area (Å²) < 4.78 is 6.83. The standard InChI is InChI=1S/C18H15N5O2/c1-12-14(11-21-23(12)17-5-3-4-8-20-17)18(24)22-15-7-6-13(10-19)9-16(15)25-2/h3-9,11H,1-2H3,(H,22,24). The molecule has 0 saturated heterocycles. The van der Waals surface area contributed by atoms with Crippen molar-refractivity contribution in [2.45, 2.75) is 6.92 Å². The van der Waals surface area contributed by atoms with Gasteiger partial charge in [-0.25, -0.2) is 9.67 Å². The fraction of sp³-hybridized carbons (Fsp3) is 0.111. The molecule has 1 amide bonds. The van der Waals surface area contributed by atoms with E-state index in [1.54, 1.807) is 36.0 Å². The van der Waals surface area contributed by atoms with Gasteiger partial charge in [0.15, 0.2) is 5.82 Å². The first kappa shape index (κ1) is 16.2. The zero-order chi connectivity index (χ0) is 17.8. The van der Waals surface area contributed by atoms with Gasteiger partial charge in [0.1, 0.15) is 5.75 Å². The van der Waals surface area contributed by atoms with Crippen molar-refractivity contribution in [3.05, 3.63) is 65.6 Å². The van der Waals surface area contributed by atoms with Crippen molar-refractivity contribution in [2.75, 3.05) is 12.4 Å². The molecule has 0 atom stereocenters. The van der Waals surface area contributed by atoms with E-state index in [2.05, 4.69) is 15.4 Å². The maximum atomic E-state index is 12.6. The van der Waals surface area contributed by atoms with Crippen LogP contribution in [-0.4, -0.2) is 27.8 Å². The highest BCUT2D eigenvalue weighted by molar-refractivity contribution is 6.05. The van der Waals surface area contributed by atoms with Crippen molar-refractivity contribution in [1.82, 2.24) is 14.8 Å². The van der Waals surface area contributed by atoms with Gasteiger partial charge in [-0.2, -0.15) is 10.4 Å². The molecule has 3 rings (SSSR count). The first-order valence-electron chi connectivity index (χ1n) is 7.49. The number of carbonyl (C=O) groups is 1. The minimum absolute atomic E-state index is 0.317. The lowest BCUT2D eigenvalue weighted by molar-refractivity contribution is 0.102. The molecular formula is C18H15N5O2. The summed E-state index contributed by atoms with van der Waals surface area (Å²) in [5.74, 6) is 0.736. The second kappa shape index (κ2) is 6.84. The molecule has 0 aliphatic heterocycles. The van der Waals surface area contributed by atoms with Gasteiger partial charge < -0.3 is 10.1 Å². The molecule has 0 radical (unpaired) electrons. The Morgan fingerprint density at radius 2 is 2.16 bits per heavy atom. The number of hydrogen-bond donors (Lipinski definition) is 1. The Labute approximate surface area is 144 Å². The maximum Gasteiger partial charge on any atom is 0.259 e. The number of carbonyl (C=O) groups excluding carboxylic acids is 1. The summed E-state index contributed by atoms with van der Waals surface area (Å²) in [6.45, 7) is 1.80. The second-order valence-electron chi connectivity index (χ2n) is 5.22. The number of anilines is 1. The molecule has 124 valence electrons. The molecule has 25 heavy (non-hydrogen) atoms. The van der Waals surface area contributed by atoms with Crippen LogP contribution >= 0.6 is 0 Å². The van der Waals surface area contributed by atoms with Crippen molar-refractivity contribution < 1.29 is 9.53 Å². The summed E-state index contributed by atoms with van der Waals surface area (Å²) >= 11 is 0. The fourth-order valence-electron chi connectivity index (χ4n) is 2.40. The van der Waals surface area contributed by atoms with Gasteiger partial charge in [0, 0.05) is 12.3 Å². The molecular weight excluding hydrogens is 318 g/mol. The number of pyridine rings is 1. The maximum absolute atomic E-state index is 12.6. The van der Waals surface area contributed by atoms with Crippen molar-refractivity contribution in [3.8, 4) is 17.6 Å². The van der Waals surface area contributed by atoms with Gasteiger partial charge in [0.05, 0.1) is 41.9 Å². The third kappa shape index (κ3) is 3.19. The Morgan fingerprint density at radius 1 is 1.32 bits per heavy atom. The van der Waals surface area contributed by atoms with Gasteiger partial charge in [-0.1, -0.05) is 6.07 Å². The lowest BCUT2D eigenvalue weighted by Gasteiger charge is -2.10. The number of benzene rings is 1. The van der Waals surface area contributed by atoms with E-state index in [1.165, 1.54) is 13.3 Å². The largest absolute Gasteiger partial charge is 0.495 e. The topological polar surface area (TPSA) is 92.8 Å². The number of nitriles is 1. The van der Waals surface area contributed by atoms with Crippen molar-refractivity contribution in [2.24, 2.45) is 0 Å². The summed E-state index contributed by atoms with van der Waals surface area (Å²) in [5, 5.41) is 16.0. The number of amides is 1. The number of rotatable bonds is 4. The summed E-state index contributed by atoms with van der Waals surface area (Å²) in [6.07, 6.45) is 3.16. The van der Waals surface area contributed by atoms with Crippen LogP contribution in [0.15, 0.2) is 48.8 Å². The van der Waals surface area contributed by atoms with E-state index in [9.17, 15) is 4.79 Å². The van der Waals surface area contributed by atoms with Gasteiger partial charge >= 0.3 is 0 Å². The normalized spacial score (nSPS) is 10.1. The third-order valence-electron chi connectivity index (χ3n) is 3.70. The molecule has 2 aromatic heterocycles. The summed E-state index contributed by atoms with van der Waals surface area (Å²) in [5.41, 5.74) is 2.03. The quantitative estimate of drug-likeness (QED) is 0.792. The molecule has 1 aromatic carbocycles. The number of methoxy groups -OCH3 is 1. The molecule has 7 nitrogen and oxygen atoms in total. The minimum atomic E-state index is -0.317. The third-order valence-corrected chi connectivity index (χ3v) is 3.70. The van der Waals surface area contributed by atoms with Crippen LogP contribution in [0.25, 0.3) is 5.82 Å². The molecule has 0 spiro atoms. The van der Waals surface area contributed by atoms with Crippen molar-refractivity contribution in [3.63, 3.8) is 0 Å². The first-order valence-corrected chi connectivity index (χ1v) is 7.49. The molecule has 7 heteroatoms. The SMILES string of the molecule is COc1cc(C#N)ccc1NC(=O)c1cnn(-c2ccccn2)c1C. The highest BCUT2D eigenvalue weighted by Crippen LogP contribution is 2.26. The summed E-state index contributed by atoms with van der Waals surface area (Å²) in [4.78, 5) is 16.8. The molecule has 1 N–H and O–H groups in total. The van der Waals surface area contributed by atoms with E-state index in [4.69, 9.17) is 10.00 Å². The average molecular weight is 333 g/mol. The lowest BCUT2D eigenvalue weighted by atomic mass is 10.2. The second-order valence-corrected chi connectivity index (χ2v) is 5.22. The van der Waals surface area contributed by atoms with Crippen LogP contribution in [0, 0.1) is 18.3 Å². The van der Waals surface area contributed by atoms with Gasteiger partial charge in [0.2, 0.25) is 0 Å². The number of nitrogens with one attached hydrogen (secondary N) is 1. The predicted molar refractivity (Wildman–Crippen MR) is 91.8 cm³/mol. The van der Waals surface area contributed by atoms with Crippen LogP contribution in [0.3, 0.4) is 0 Å². The van der Waals surface area contributed by atoms with Gasteiger partial charge in [0.25, 0.3) is 5.91 Å². The van der Waals surface area contributed by atoms with Gasteiger partial charge in [-0.15, -0.1) is 0 Å². The van der Waals surface area contributed by atoms with Crippen LogP contribution in [0.2, 0.25) is 0 Å². The van der Waals surface area contributed by atoms with E-state index >= 15 is 0 Å². The zero-order valence-corrected chi connectivity index (χ0v) is 13.7. The zero-order valence-electron chi connectivity index (χ0n) is 13.7. The summed E-state index contributed by atoms with van der Waals surface area (Å²) in [7, 11) is 1.48. The highest BCUT2D eigenvalue weighted by atomic mass is 16.5. The Kier molecular flexibility index (Phi) is 4.44. The average Bonchev–Trinajstić information content (AvgIpc) is 3.04. The molecule has 3 aromatic rings. The smallest absolute Gasteiger partial charge is 0.259 e. The first-order chi connectivity index (χ1) is 12.1. The Morgan fingerprint density at radius 3 is 2.84 bits per heavy atom. The molecule has 2 heterocycles. The highest BCUT2D eigenvalue weighted by Gasteiger charge is 2.17. The summed E-state index contributed by atoms with van der Waals surface area (Å²) in [6, 6.07) is 12.3. The van der Waals surface area contributed by atoms with Crippen LogP contribution in [0.1, 0.15) is 21.6 Å².